The molecule has 5 nitrogen and oxygen atoms in total. The first-order valence-electron chi connectivity index (χ1n) is 9.48. The van der Waals surface area contributed by atoms with E-state index in [1.807, 2.05) is 17.0 Å². The average Bonchev–Trinajstić information content (AvgIpc) is 2.91. The summed E-state index contributed by atoms with van der Waals surface area (Å²) >= 11 is 0. The van der Waals surface area contributed by atoms with Crippen LogP contribution in [0.25, 0.3) is 0 Å². The molecule has 3 amide bonds. The van der Waals surface area contributed by atoms with Crippen molar-refractivity contribution in [1.82, 2.24) is 9.80 Å². The van der Waals surface area contributed by atoms with Crippen molar-refractivity contribution < 1.29 is 14.4 Å². The molecule has 2 heterocycles. The molecule has 1 fully saturated rings. The second-order valence-electron chi connectivity index (χ2n) is 7.15. The predicted molar refractivity (Wildman–Crippen MR) is 101 cm³/mol. The highest BCUT2D eigenvalue weighted by molar-refractivity contribution is 6.21. The van der Waals surface area contributed by atoms with Crippen LogP contribution in [0.2, 0.25) is 0 Å². The van der Waals surface area contributed by atoms with Gasteiger partial charge in [0.05, 0.1) is 17.7 Å². The van der Waals surface area contributed by atoms with Gasteiger partial charge >= 0.3 is 0 Å². The Morgan fingerprint density at radius 3 is 1.89 bits per heavy atom. The van der Waals surface area contributed by atoms with Gasteiger partial charge in [-0.15, -0.1) is 0 Å². The van der Waals surface area contributed by atoms with Crippen molar-refractivity contribution in [3.63, 3.8) is 0 Å². The van der Waals surface area contributed by atoms with Crippen LogP contribution in [0.4, 0.5) is 0 Å². The van der Waals surface area contributed by atoms with Crippen molar-refractivity contribution in [2.45, 2.75) is 32.2 Å². The van der Waals surface area contributed by atoms with E-state index < -0.39 is 0 Å². The fourth-order valence-electron chi connectivity index (χ4n) is 3.77. The lowest BCUT2D eigenvalue weighted by Gasteiger charge is -2.20. The summed E-state index contributed by atoms with van der Waals surface area (Å²) in [6, 6.07) is 14.1. The Morgan fingerprint density at radius 1 is 0.778 bits per heavy atom. The lowest BCUT2D eigenvalue weighted by molar-refractivity contribution is 0.0641. The Bertz CT molecular complexity index is 846. The SMILES string of the molecule is O=C(c1ccc(CN2C(=O)c3ccccc3C2=O)cc1)N1CCCCCC1. The smallest absolute Gasteiger partial charge is 0.261 e. The maximum atomic E-state index is 12.7. The molecular weight excluding hydrogens is 340 g/mol. The molecule has 0 saturated carbocycles. The molecule has 2 aromatic rings. The summed E-state index contributed by atoms with van der Waals surface area (Å²) in [5.74, 6) is -0.468. The molecule has 0 aromatic heterocycles. The average molecular weight is 362 g/mol. The first kappa shape index (κ1) is 17.5. The van der Waals surface area contributed by atoms with Crippen molar-refractivity contribution in [3.8, 4) is 0 Å². The normalized spacial score (nSPS) is 17.0. The highest BCUT2D eigenvalue weighted by atomic mass is 16.2. The highest BCUT2D eigenvalue weighted by Crippen LogP contribution is 2.24. The van der Waals surface area contributed by atoms with Gasteiger partial charge in [0.2, 0.25) is 0 Å². The number of amides is 3. The molecule has 0 aliphatic carbocycles. The first-order chi connectivity index (χ1) is 13.1. The van der Waals surface area contributed by atoms with Gasteiger partial charge in [0, 0.05) is 18.7 Å². The van der Waals surface area contributed by atoms with Crippen molar-refractivity contribution in [2.24, 2.45) is 0 Å². The first-order valence-corrected chi connectivity index (χ1v) is 9.48. The van der Waals surface area contributed by atoms with E-state index in [9.17, 15) is 14.4 Å². The van der Waals surface area contributed by atoms with Gasteiger partial charge in [-0.1, -0.05) is 37.1 Å². The van der Waals surface area contributed by atoms with Crippen LogP contribution in [0, 0.1) is 0 Å². The van der Waals surface area contributed by atoms with Crippen LogP contribution in [0.5, 0.6) is 0 Å². The van der Waals surface area contributed by atoms with Crippen molar-refractivity contribution in [2.75, 3.05) is 13.1 Å². The molecular formula is C22H22N2O3. The van der Waals surface area contributed by atoms with Gasteiger partial charge in [-0.05, 0) is 42.7 Å². The summed E-state index contributed by atoms with van der Waals surface area (Å²) in [6.45, 7) is 1.84. The minimum Gasteiger partial charge on any atom is -0.339 e. The van der Waals surface area contributed by atoms with Gasteiger partial charge in [-0.2, -0.15) is 0 Å². The van der Waals surface area contributed by atoms with Crippen LogP contribution in [0.1, 0.15) is 62.3 Å². The summed E-state index contributed by atoms with van der Waals surface area (Å²) in [5.41, 5.74) is 2.39. The molecule has 4 rings (SSSR count). The minimum atomic E-state index is -0.264. The number of rotatable bonds is 3. The quantitative estimate of drug-likeness (QED) is 0.785. The molecule has 0 spiro atoms. The van der Waals surface area contributed by atoms with Crippen molar-refractivity contribution >= 4 is 17.7 Å². The van der Waals surface area contributed by atoms with Gasteiger partial charge in [-0.25, -0.2) is 0 Å². The number of carbonyl (C=O) groups excluding carboxylic acids is 3. The van der Waals surface area contributed by atoms with Crippen LogP contribution in [0.15, 0.2) is 48.5 Å². The number of fused-ring (bicyclic) bond motifs is 1. The molecule has 0 unspecified atom stereocenters. The molecule has 0 radical (unpaired) electrons. The van der Waals surface area contributed by atoms with Crippen LogP contribution < -0.4 is 0 Å². The number of nitrogens with zero attached hydrogens (tertiary/aromatic N) is 2. The summed E-state index contributed by atoms with van der Waals surface area (Å²) in [4.78, 5) is 40.8. The molecule has 138 valence electrons. The third-order valence-corrected chi connectivity index (χ3v) is 5.31. The second-order valence-corrected chi connectivity index (χ2v) is 7.15. The molecule has 0 N–H and O–H groups in total. The Balaban J connectivity index is 1.46. The third kappa shape index (κ3) is 3.37. The Labute approximate surface area is 158 Å². The Hall–Kier alpha value is -2.95. The fraction of sp³-hybridized carbons (Fsp3) is 0.318. The number of imide groups is 1. The molecule has 0 bridgehead atoms. The Morgan fingerprint density at radius 2 is 1.33 bits per heavy atom. The topological polar surface area (TPSA) is 57.7 Å². The second kappa shape index (κ2) is 7.35. The highest BCUT2D eigenvalue weighted by Gasteiger charge is 2.34. The fourth-order valence-corrected chi connectivity index (χ4v) is 3.77. The standard InChI is InChI=1S/C22H22N2O3/c25-20(23-13-5-1-2-6-14-23)17-11-9-16(10-12-17)15-24-21(26)18-7-3-4-8-19(18)22(24)27/h3-4,7-12H,1-2,5-6,13-15H2. The lowest BCUT2D eigenvalue weighted by atomic mass is 10.1. The largest absolute Gasteiger partial charge is 0.339 e. The van der Waals surface area contributed by atoms with Gasteiger partial charge in [0.1, 0.15) is 0 Å². The van der Waals surface area contributed by atoms with Crippen LogP contribution in [-0.2, 0) is 6.54 Å². The predicted octanol–water partition coefficient (Wildman–Crippen LogP) is 3.50. The number of benzene rings is 2. The summed E-state index contributed by atoms with van der Waals surface area (Å²) in [6.07, 6.45) is 4.49. The molecule has 1 saturated heterocycles. The zero-order valence-corrected chi connectivity index (χ0v) is 15.2. The zero-order valence-electron chi connectivity index (χ0n) is 15.2. The van der Waals surface area contributed by atoms with E-state index in [-0.39, 0.29) is 24.3 Å². The number of likely N-dealkylation sites (tertiary alicyclic amines) is 1. The molecule has 2 aliphatic heterocycles. The van der Waals surface area contributed by atoms with Crippen molar-refractivity contribution in [3.05, 3.63) is 70.8 Å². The van der Waals surface area contributed by atoms with Crippen LogP contribution >= 0.6 is 0 Å². The summed E-state index contributed by atoms with van der Waals surface area (Å²) in [7, 11) is 0. The molecule has 5 heteroatoms. The van der Waals surface area contributed by atoms with Crippen LogP contribution in [-0.4, -0.2) is 40.6 Å². The zero-order chi connectivity index (χ0) is 18.8. The van der Waals surface area contributed by atoms with Gasteiger partial charge < -0.3 is 4.90 Å². The van der Waals surface area contributed by atoms with E-state index >= 15 is 0 Å². The molecule has 0 atom stereocenters. The maximum Gasteiger partial charge on any atom is 0.261 e. The maximum absolute atomic E-state index is 12.7. The summed E-state index contributed by atoms with van der Waals surface area (Å²) < 4.78 is 0. The van der Waals surface area contributed by atoms with E-state index in [1.165, 1.54) is 17.7 Å². The minimum absolute atomic E-state index is 0.0594. The summed E-state index contributed by atoms with van der Waals surface area (Å²) in [5, 5.41) is 0. The molecule has 27 heavy (non-hydrogen) atoms. The van der Waals surface area contributed by atoms with Gasteiger partial charge in [0.15, 0.2) is 0 Å². The molecule has 2 aliphatic rings. The van der Waals surface area contributed by atoms with E-state index in [4.69, 9.17) is 0 Å². The van der Waals surface area contributed by atoms with E-state index in [0.717, 1.165) is 31.5 Å². The lowest BCUT2D eigenvalue weighted by Crippen LogP contribution is -2.32. The van der Waals surface area contributed by atoms with Crippen molar-refractivity contribution in [1.29, 1.82) is 0 Å². The number of hydrogen-bond acceptors (Lipinski definition) is 3. The monoisotopic (exact) mass is 362 g/mol. The molecule has 2 aromatic carbocycles. The van der Waals surface area contributed by atoms with E-state index in [2.05, 4.69) is 0 Å². The van der Waals surface area contributed by atoms with E-state index in [0.29, 0.717) is 16.7 Å². The van der Waals surface area contributed by atoms with Gasteiger partial charge in [-0.3, -0.25) is 19.3 Å². The third-order valence-electron chi connectivity index (χ3n) is 5.31. The van der Waals surface area contributed by atoms with Gasteiger partial charge in [0.25, 0.3) is 17.7 Å². The number of carbonyl (C=O) groups is 3. The number of hydrogen-bond donors (Lipinski definition) is 0. The van der Waals surface area contributed by atoms with E-state index in [1.54, 1.807) is 36.4 Å². The Kier molecular flexibility index (Phi) is 4.75. The van der Waals surface area contributed by atoms with Crippen LogP contribution in [0.3, 0.4) is 0 Å².